The van der Waals surface area contributed by atoms with Crippen LogP contribution in [-0.2, 0) is 19.1 Å². The SMILES string of the molecule is COC(=O)CC(C(=O)OC)/C(=C/C#Cc1ccc(OC)cc1)[Si](C)(C)[Si](C)(C)C. The third-order valence-corrected chi connectivity index (χ3v) is 23.4. The molecule has 0 aliphatic carbocycles. The summed E-state index contributed by atoms with van der Waals surface area (Å²) in [6, 6.07) is 7.47. The molecule has 0 aliphatic heterocycles. The van der Waals surface area contributed by atoms with Crippen molar-refractivity contribution in [3.63, 3.8) is 0 Å². The minimum absolute atomic E-state index is 0.0415. The number of rotatable bonds is 7. The molecular weight excluding hydrogens is 400 g/mol. The Kier molecular flexibility index (Phi) is 8.92. The maximum atomic E-state index is 12.6. The van der Waals surface area contributed by atoms with E-state index < -0.39 is 33.0 Å². The second-order valence-corrected chi connectivity index (χ2v) is 24.9. The van der Waals surface area contributed by atoms with Gasteiger partial charge in [-0.3, -0.25) is 9.59 Å². The first-order chi connectivity index (χ1) is 13.5. The molecule has 0 radical (unpaired) electrons. The van der Waals surface area contributed by atoms with E-state index >= 15 is 0 Å². The van der Waals surface area contributed by atoms with Crippen LogP contribution in [0.5, 0.6) is 5.75 Å². The summed E-state index contributed by atoms with van der Waals surface area (Å²) in [5, 5.41) is 0.940. The van der Waals surface area contributed by atoms with Crippen LogP contribution in [-0.4, -0.2) is 48.5 Å². The molecule has 1 rings (SSSR count). The van der Waals surface area contributed by atoms with Gasteiger partial charge in [0.25, 0.3) is 0 Å². The standard InChI is InChI=1S/C22H32O5Si2/c1-25-18-14-12-17(13-15-18)10-9-11-20(29(7,8)28(4,5)6)19(22(24)27-3)16-21(23)26-2/h11-15,19H,16H2,1-8H3/b20-11-. The first-order valence-electron chi connectivity index (χ1n) is 9.48. The molecule has 0 fully saturated rings. The van der Waals surface area contributed by atoms with Crippen LogP contribution >= 0.6 is 0 Å². The minimum Gasteiger partial charge on any atom is -0.497 e. The van der Waals surface area contributed by atoms with Crippen LogP contribution in [0.3, 0.4) is 0 Å². The van der Waals surface area contributed by atoms with Crippen molar-refractivity contribution in [2.75, 3.05) is 21.3 Å². The third kappa shape index (κ3) is 6.62. The van der Waals surface area contributed by atoms with Crippen molar-refractivity contribution >= 4 is 27.1 Å². The largest absolute Gasteiger partial charge is 0.497 e. The highest BCUT2D eigenvalue weighted by Crippen LogP contribution is 2.33. The lowest BCUT2D eigenvalue weighted by Gasteiger charge is -2.39. The molecule has 0 aromatic heterocycles. The van der Waals surface area contributed by atoms with E-state index in [1.165, 1.54) is 14.2 Å². The van der Waals surface area contributed by atoms with Crippen LogP contribution in [0.1, 0.15) is 12.0 Å². The molecule has 0 saturated heterocycles. The summed E-state index contributed by atoms with van der Waals surface area (Å²) in [4.78, 5) is 24.6. The fourth-order valence-electron chi connectivity index (χ4n) is 2.73. The van der Waals surface area contributed by atoms with E-state index in [0.29, 0.717) is 0 Å². The van der Waals surface area contributed by atoms with Gasteiger partial charge >= 0.3 is 11.9 Å². The highest BCUT2D eigenvalue weighted by Gasteiger charge is 2.45. The molecular formula is C22H32O5Si2. The average Bonchev–Trinajstić information content (AvgIpc) is 2.68. The number of carbonyl (C=O) groups is 2. The van der Waals surface area contributed by atoms with Gasteiger partial charge in [-0.2, -0.15) is 0 Å². The van der Waals surface area contributed by atoms with E-state index in [2.05, 4.69) is 44.6 Å². The maximum Gasteiger partial charge on any atom is 0.313 e. The zero-order valence-electron chi connectivity index (χ0n) is 18.7. The molecule has 0 aliphatic rings. The molecule has 0 heterocycles. The molecule has 1 aromatic carbocycles. The molecule has 0 N–H and O–H groups in total. The van der Waals surface area contributed by atoms with Crippen LogP contribution in [0, 0.1) is 17.8 Å². The van der Waals surface area contributed by atoms with Crippen molar-refractivity contribution in [1.29, 1.82) is 0 Å². The van der Waals surface area contributed by atoms with Gasteiger partial charge in [0.2, 0.25) is 0 Å². The Balaban J connectivity index is 3.46. The van der Waals surface area contributed by atoms with E-state index in [-0.39, 0.29) is 6.42 Å². The van der Waals surface area contributed by atoms with Crippen LogP contribution in [0.15, 0.2) is 35.5 Å². The third-order valence-electron chi connectivity index (χ3n) is 5.59. The predicted octanol–water partition coefficient (Wildman–Crippen LogP) is 3.99. The number of methoxy groups -OCH3 is 3. The molecule has 29 heavy (non-hydrogen) atoms. The van der Waals surface area contributed by atoms with E-state index in [9.17, 15) is 9.59 Å². The van der Waals surface area contributed by atoms with Gasteiger partial charge in [-0.05, 0) is 30.3 Å². The van der Waals surface area contributed by atoms with Crippen LogP contribution in [0.25, 0.3) is 0 Å². The number of allylic oxidation sites excluding steroid dienone is 1. The molecule has 1 unspecified atom stereocenters. The summed E-state index contributed by atoms with van der Waals surface area (Å²) in [5.74, 6) is 5.46. The Hall–Kier alpha value is -2.31. The van der Waals surface area contributed by atoms with Crippen LogP contribution in [0.4, 0.5) is 0 Å². The smallest absolute Gasteiger partial charge is 0.313 e. The lowest BCUT2D eigenvalue weighted by Crippen LogP contribution is -2.56. The monoisotopic (exact) mass is 432 g/mol. The fourth-order valence-corrected chi connectivity index (χ4v) is 8.46. The van der Waals surface area contributed by atoms with Gasteiger partial charge < -0.3 is 14.2 Å². The number of esters is 2. The second-order valence-electron chi connectivity index (χ2n) is 8.33. The van der Waals surface area contributed by atoms with Crippen molar-refractivity contribution in [3.8, 4) is 17.6 Å². The Bertz CT molecular complexity index is 808. The summed E-state index contributed by atoms with van der Waals surface area (Å²) in [6.07, 6.45) is 1.79. The van der Waals surface area contributed by atoms with Gasteiger partial charge in [0.1, 0.15) is 5.75 Å². The number of benzene rings is 1. The topological polar surface area (TPSA) is 61.8 Å². The Morgan fingerprint density at radius 1 is 1.00 bits per heavy atom. The van der Waals surface area contributed by atoms with Gasteiger partial charge in [0.05, 0.1) is 41.3 Å². The molecule has 7 heteroatoms. The lowest BCUT2D eigenvalue weighted by atomic mass is 10.0. The molecule has 0 spiro atoms. The number of hydrogen-bond donors (Lipinski definition) is 0. The van der Waals surface area contributed by atoms with Gasteiger partial charge in [0.15, 0.2) is 0 Å². The zero-order chi connectivity index (χ0) is 22.2. The summed E-state index contributed by atoms with van der Waals surface area (Å²) in [7, 11) is 0.600. The first kappa shape index (κ1) is 24.7. The van der Waals surface area contributed by atoms with E-state index in [1.54, 1.807) is 7.11 Å². The normalized spacial score (nSPS) is 13.0. The van der Waals surface area contributed by atoms with Crippen molar-refractivity contribution in [3.05, 3.63) is 41.1 Å². The highest BCUT2D eigenvalue weighted by atomic mass is 29.3. The van der Waals surface area contributed by atoms with Gasteiger partial charge in [-0.25, -0.2) is 0 Å². The molecule has 0 bridgehead atoms. The van der Waals surface area contributed by atoms with E-state index in [4.69, 9.17) is 14.2 Å². The highest BCUT2D eigenvalue weighted by molar-refractivity contribution is 7.43. The summed E-state index contributed by atoms with van der Waals surface area (Å²) >= 11 is 0. The van der Waals surface area contributed by atoms with Gasteiger partial charge in [-0.1, -0.05) is 49.8 Å². The molecule has 1 aromatic rings. The summed E-state index contributed by atoms with van der Waals surface area (Å²) in [6.45, 7) is 11.4. The van der Waals surface area contributed by atoms with Gasteiger partial charge in [0, 0.05) is 13.2 Å². The van der Waals surface area contributed by atoms with Crippen LogP contribution < -0.4 is 4.74 Å². The van der Waals surface area contributed by atoms with Crippen molar-refractivity contribution in [2.24, 2.45) is 5.92 Å². The number of ether oxygens (including phenoxy) is 3. The average molecular weight is 433 g/mol. The second kappa shape index (κ2) is 10.5. The van der Waals surface area contributed by atoms with Crippen molar-refractivity contribution in [1.82, 2.24) is 0 Å². The number of carbonyl (C=O) groups excluding carboxylic acids is 2. The van der Waals surface area contributed by atoms with Crippen LogP contribution in [0.2, 0.25) is 32.7 Å². The fraction of sp³-hybridized carbons (Fsp3) is 0.455. The van der Waals surface area contributed by atoms with Crippen molar-refractivity contribution < 1.29 is 23.8 Å². The summed E-state index contributed by atoms with van der Waals surface area (Å²) < 4.78 is 15.0. The predicted molar refractivity (Wildman–Crippen MR) is 121 cm³/mol. The van der Waals surface area contributed by atoms with E-state index in [0.717, 1.165) is 16.5 Å². The Morgan fingerprint density at radius 3 is 2.03 bits per heavy atom. The maximum absolute atomic E-state index is 12.6. The number of hydrogen-bond acceptors (Lipinski definition) is 5. The Labute approximate surface area is 176 Å². The first-order valence-corrected chi connectivity index (χ1v) is 17.0. The molecule has 0 amide bonds. The molecule has 1 atom stereocenters. The lowest BCUT2D eigenvalue weighted by molar-refractivity contribution is -0.150. The summed E-state index contributed by atoms with van der Waals surface area (Å²) in [5.41, 5.74) is 0.844. The minimum atomic E-state index is -2.04. The van der Waals surface area contributed by atoms with Gasteiger partial charge in [-0.15, -0.1) is 0 Å². The Morgan fingerprint density at radius 2 is 1.59 bits per heavy atom. The van der Waals surface area contributed by atoms with Crippen molar-refractivity contribution in [2.45, 2.75) is 39.2 Å². The zero-order valence-corrected chi connectivity index (χ0v) is 20.7. The quantitative estimate of drug-likeness (QED) is 0.370. The van der Waals surface area contributed by atoms with E-state index in [1.807, 2.05) is 30.3 Å². The molecule has 0 saturated carbocycles. The molecule has 5 nitrogen and oxygen atoms in total. The molecule has 158 valence electrons.